The summed E-state index contributed by atoms with van der Waals surface area (Å²) in [6.07, 6.45) is 0. The third-order valence-corrected chi connectivity index (χ3v) is 5.91. The van der Waals surface area contributed by atoms with Gasteiger partial charge in [-0.05, 0) is 41.1 Å². The number of amides is 1. The Bertz CT molecular complexity index is 1110. The summed E-state index contributed by atoms with van der Waals surface area (Å²) in [5.41, 5.74) is 1.63. The van der Waals surface area contributed by atoms with E-state index < -0.39 is 10.0 Å². The van der Waals surface area contributed by atoms with Gasteiger partial charge in [0, 0.05) is 25.7 Å². The van der Waals surface area contributed by atoms with Crippen LogP contribution in [0.1, 0.15) is 5.56 Å². The van der Waals surface area contributed by atoms with Crippen LogP contribution >= 0.6 is 11.6 Å². The van der Waals surface area contributed by atoms with E-state index in [1.807, 2.05) is 6.07 Å². The Labute approximate surface area is 166 Å². The highest BCUT2D eigenvalue weighted by Crippen LogP contribution is 2.19. The van der Waals surface area contributed by atoms with Crippen molar-refractivity contribution in [1.82, 2.24) is 24.8 Å². The molecule has 1 heterocycles. The topological polar surface area (TPSA) is 106 Å². The summed E-state index contributed by atoms with van der Waals surface area (Å²) in [6, 6.07) is 11.5. The molecule has 0 saturated heterocycles. The van der Waals surface area contributed by atoms with Gasteiger partial charge in [0.1, 0.15) is 11.0 Å². The molecular formula is C17H18ClN5O4S. The van der Waals surface area contributed by atoms with Crippen LogP contribution in [0.3, 0.4) is 0 Å². The van der Waals surface area contributed by atoms with Gasteiger partial charge in [-0.1, -0.05) is 28.6 Å². The molecule has 0 aliphatic carbocycles. The largest absolute Gasteiger partial charge is 0.385 e. The van der Waals surface area contributed by atoms with Crippen molar-refractivity contribution in [3.8, 4) is 0 Å². The van der Waals surface area contributed by atoms with Gasteiger partial charge in [0.2, 0.25) is 10.0 Å². The van der Waals surface area contributed by atoms with Gasteiger partial charge < -0.3 is 10.2 Å². The van der Waals surface area contributed by atoms with Crippen LogP contribution in [-0.4, -0.2) is 54.5 Å². The van der Waals surface area contributed by atoms with Gasteiger partial charge in [-0.2, -0.15) is 0 Å². The highest BCUT2D eigenvalue weighted by atomic mass is 35.5. The summed E-state index contributed by atoms with van der Waals surface area (Å²) in [6.45, 7) is -0.0181. The Morgan fingerprint density at radius 3 is 2.75 bits per heavy atom. The fourth-order valence-electron chi connectivity index (χ4n) is 2.36. The molecule has 0 aliphatic rings. The second-order valence-electron chi connectivity index (χ2n) is 6.08. The molecule has 0 radical (unpaired) electrons. The number of benzene rings is 2. The lowest BCUT2D eigenvalue weighted by Gasteiger charge is -2.11. The number of hydrogen-bond acceptors (Lipinski definition) is 6. The van der Waals surface area contributed by atoms with E-state index >= 15 is 0 Å². The standard InChI is InChI=1S/C17H18ClN5O4S/c1-22(2)28(25,26)14-6-7-15-16(9-14)23(21-20-15)27-11-17(24)19-10-12-4-3-5-13(18)8-12/h3-9H,10-11H2,1-2H3,(H,19,24). The minimum absolute atomic E-state index is 0.0718. The van der Waals surface area contributed by atoms with E-state index in [1.54, 1.807) is 18.2 Å². The van der Waals surface area contributed by atoms with Crippen molar-refractivity contribution in [3.05, 3.63) is 53.1 Å². The number of aromatic nitrogens is 3. The van der Waals surface area contributed by atoms with Crippen LogP contribution in [-0.2, 0) is 21.4 Å². The number of nitrogens with zero attached hydrogens (tertiary/aromatic N) is 4. The van der Waals surface area contributed by atoms with Crippen LogP contribution in [0.4, 0.5) is 0 Å². The lowest BCUT2D eigenvalue weighted by molar-refractivity contribution is -0.126. The van der Waals surface area contributed by atoms with Crippen molar-refractivity contribution < 1.29 is 18.0 Å². The van der Waals surface area contributed by atoms with E-state index in [-0.39, 0.29) is 17.4 Å². The minimum atomic E-state index is -3.62. The quantitative estimate of drug-likeness (QED) is 0.609. The number of carbonyl (C=O) groups excluding carboxylic acids is 1. The third kappa shape index (κ3) is 4.41. The van der Waals surface area contributed by atoms with Gasteiger partial charge in [-0.3, -0.25) is 4.79 Å². The number of carbonyl (C=O) groups is 1. The molecule has 0 fully saturated rings. The molecule has 1 aromatic heterocycles. The van der Waals surface area contributed by atoms with Crippen molar-refractivity contribution >= 4 is 38.6 Å². The molecule has 3 aromatic rings. The van der Waals surface area contributed by atoms with Crippen molar-refractivity contribution in [2.24, 2.45) is 0 Å². The van der Waals surface area contributed by atoms with Gasteiger partial charge >= 0.3 is 0 Å². The maximum atomic E-state index is 12.3. The molecule has 148 valence electrons. The summed E-state index contributed by atoms with van der Waals surface area (Å²) in [5.74, 6) is -0.374. The number of nitrogens with one attached hydrogen (secondary N) is 1. The Hall–Kier alpha value is -2.69. The molecular weight excluding hydrogens is 406 g/mol. The molecule has 0 bridgehead atoms. The van der Waals surface area contributed by atoms with Crippen molar-refractivity contribution in [2.75, 3.05) is 20.7 Å². The van der Waals surface area contributed by atoms with Crippen LogP contribution in [0.15, 0.2) is 47.4 Å². The third-order valence-electron chi connectivity index (χ3n) is 3.86. The zero-order valence-corrected chi connectivity index (χ0v) is 16.7. The summed E-state index contributed by atoms with van der Waals surface area (Å²) in [5, 5.41) is 11.0. The first kappa shape index (κ1) is 20.1. The maximum absolute atomic E-state index is 12.3. The van der Waals surface area contributed by atoms with Gasteiger partial charge in [0.25, 0.3) is 5.91 Å². The van der Waals surface area contributed by atoms with Crippen molar-refractivity contribution in [2.45, 2.75) is 11.4 Å². The van der Waals surface area contributed by atoms with Crippen LogP contribution in [0.2, 0.25) is 5.02 Å². The van der Waals surface area contributed by atoms with Gasteiger partial charge in [-0.25, -0.2) is 12.7 Å². The minimum Gasteiger partial charge on any atom is -0.385 e. The van der Waals surface area contributed by atoms with E-state index in [4.69, 9.17) is 16.4 Å². The Morgan fingerprint density at radius 2 is 2.04 bits per heavy atom. The fraction of sp³-hybridized carbons (Fsp3) is 0.235. The first-order valence-corrected chi connectivity index (χ1v) is 10.0. The van der Waals surface area contributed by atoms with Crippen LogP contribution in [0, 0.1) is 0 Å². The van der Waals surface area contributed by atoms with Crippen LogP contribution < -0.4 is 10.2 Å². The fourth-order valence-corrected chi connectivity index (χ4v) is 3.50. The van der Waals surface area contributed by atoms with Crippen LogP contribution in [0.25, 0.3) is 11.0 Å². The van der Waals surface area contributed by atoms with Gasteiger partial charge in [0.05, 0.1) is 4.90 Å². The van der Waals surface area contributed by atoms with E-state index in [9.17, 15) is 13.2 Å². The van der Waals surface area contributed by atoms with E-state index in [2.05, 4.69) is 15.6 Å². The number of fused-ring (bicyclic) bond motifs is 1. The second-order valence-corrected chi connectivity index (χ2v) is 8.67. The van der Waals surface area contributed by atoms with Crippen LogP contribution in [0.5, 0.6) is 0 Å². The zero-order chi connectivity index (χ0) is 20.3. The highest BCUT2D eigenvalue weighted by Gasteiger charge is 2.19. The summed E-state index contributed by atoms with van der Waals surface area (Å²) < 4.78 is 25.7. The Kier molecular flexibility index (Phi) is 5.82. The SMILES string of the molecule is CN(C)S(=O)(=O)c1ccc2nnn(OCC(=O)NCc3cccc(Cl)c3)c2c1. The molecule has 3 rings (SSSR count). The molecule has 1 N–H and O–H groups in total. The molecule has 2 aromatic carbocycles. The smallest absolute Gasteiger partial charge is 0.261 e. The average Bonchev–Trinajstić information content (AvgIpc) is 3.07. The number of hydrogen-bond donors (Lipinski definition) is 1. The predicted octanol–water partition coefficient (Wildman–Crippen LogP) is 1.08. The van der Waals surface area contributed by atoms with Crippen molar-refractivity contribution in [3.63, 3.8) is 0 Å². The van der Waals surface area contributed by atoms with E-state index in [1.165, 1.54) is 32.3 Å². The number of sulfonamides is 1. The molecule has 0 atom stereocenters. The van der Waals surface area contributed by atoms with Gasteiger partial charge in [0.15, 0.2) is 6.61 Å². The molecule has 0 saturated carbocycles. The van der Waals surface area contributed by atoms with Crippen molar-refractivity contribution in [1.29, 1.82) is 0 Å². The monoisotopic (exact) mass is 423 g/mol. The first-order valence-electron chi connectivity index (χ1n) is 8.20. The lowest BCUT2D eigenvalue weighted by atomic mass is 10.2. The molecule has 0 unspecified atom stereocenters. The first-order chi connectivity index (χ1) is 13.3. The summed E-state index contributed by atoms with van der Waals surface area (Å²) in [7, 11) is -0.738. The summed E-state index contributed by atoms with van der Waals surface area (Å²) >= 11 is 5.91. The normalized spacial score (nSPS) is 11.7. The second kappa shape index (κ2) is 8.13. The number of halogens is 1. The molecule has 28 heavy (non-hydrogen) atoms. The molecule has 1 amide bonds. The Morgan fingerprint density at radius 1 is 1.25 bits per heavy atom. The average molecular weight is 424 g/mol. The zero-order valence-electron chi connectivity index (χ0n) is 15.2. The van der Waals surface area contributed by atoms with E-state index in [0.29, 0.717) is 22.6 Å². The van der Waals surface area contributed by atoms with E-state index in [0.717, 1.165) is 14.7 Å². The molecule has 11 heteroatoms. The predicted molar refractivity (Wildman–Crippen MR) is 103 cm³/mol. The maximum Gasteiger partial charge on any atom is 0.261 e. The molecule has 0 aliphatic heterocycles. The molecule has 0 spiro atoms. The molecule has 9 nitrogen and oxygen atoms in total. The summed E-state index contributed by atoms with van der Waals surface area (Å²) in [4.78, 5) is 18.5. The van der Waals surface area contributed by atoms with Gasteiger partial charge in [-0.15, -0.1) is 5.10 Å². The lowest BCUT2D eigenvalue weighted by Crippen LogP contribution is -2.31. The number of rotatable bonds is 7. The Balaban J connectivity index is 1.68. The highest BCUT2D eigenvalue weighted by molar-refractivity contribution is 7.89.